The number of benzene rings is 1. The number of nitrogen functional groups attached to an aromatic ring is 1. The molecular formula is C11H11N5. The zero-order valence-electron chi connectivity index (χ0n) is 8.78. The number of fused-ring (bicyclic) bond motifs is 1. The number of hydrogen-bond donors (Lipinski definition) is 3. The molecule has 16 heavy (non-hydrogen) atoms. The lowest BCUT2D eigenvalue weighted by atomic mass is 10.1. The zero-order chi connectivity index (χ0) is 11.1. The molecule has 3 rings (SSSR count). The van der Waals surface area contributed by atoms with Crippen molar-refractivity contribution in [3.63, 3.8) is 0 Å². The normalized spacial score (nSPS) is 11.1. The number of nitrogens with zero attached hydrogens (tertiary/aromatic N) is 2. The topological polar surface area (TPSA) is 83.4 Å². The quantitative estimate of drug-likeness (QED) is 0.576. The number of nitrogens with two attached hydrogens (primary N) is 1. The highest BCUT2D eigenvalue weighted by atomic mass is 15.1. The van der Waals surface area contributed by atoms with Crippen LogP contribution in [0.25, 0.3) is 22.2 Å². The van der Waals surface area contributed by atoms with Crippen molar-refractivity contribution in [1.29, 1.82) is 0 Å². The van der Waals surface area contributed by atoms with Crippen LogP contribution in [0.15, 0.2) is 24.4 Å². The summed E-state index contributed by atoms with van der Waals surface area (Å²) in [5.74, 6) is 1.43. The molecule has 3 aromatic rings. The Balaban J connectivity index is 2.18. The molecule has 5 heteroatoms. The molecule has 2 heterocycles. The Morgan fingerprint density at radius 1 is 1.31 bits per heavy atom. The smallest absolute Gasteiger partial charge is 0.153 e. The van der Waals surface area contributed by atoms with E-state index in [1.54, 1.807) is 0 Å². The predicted molar refractivity (Wildman–Crippen MR) is 62.8 cm³/mol. The lowest BCUT2D eigenvalue weighted by molar-refractivity contribution is 1.13. The molecule has 5 nitrogen and oxygen atoms in total. The molecule has 0 atom stereocenters. The van der Waals surface area contributed by atoms with Gasteiger partial charge < -0.3 is 10.7 Å². The Morgan fingerprint density at radius 3 is 2.94 bits per heavy atom. The number of aromatic nitrogens is 4. The average Bonchev–Trinajstić information content (AvgIpc) is 2.86. The summed E-state index contributed by atoms with van der Waals surface area (Å²) in [4.78, 5) is 7.36. The Bertz CT molecular complexity index is 649. The second kappa shape index (κ2) is 3.10. The van der Waals surface area contributed by atoms with E-state index in [0.29, 0.717) is 5.82 Å². The maximum atomic E-state index is 5.71. The Labute approximate surface area is 91.7 Å². The SMILES string of the molecule is Cc1ncc(-c2ccc3c(N)n[nH]c3c2)[nH]1. The van der Waals surface area contributed by atoms with Crippen LogP contribution in [0.5, 0.6) is 0 Å². The molecule has 0 radical (unpaired) electrons. The van der Waals surface area contributed by atoms with Crippen molar-refractivity contribution in [2.75, 3.05) is 5.73 Å². The van der Waals surface area contributed by atoms with Crippen LogP contribution in [0.4, 0.5) is 5.82 Å². The summed E-state index contributed by atoms with van der Waals surface area (Å²) in [5, 5.41) is 7.80. The molecule has 0 amide bonds. The molecule has 0 saturated heterocycles. The molecule has 0 aliphatic heterocycles. The van der Waals surface area contributed by atoms with Gasteiger partial charge in [0.25, 0.3) is 0 Å². The molecule has 0 bridgehead atoms. The molecule has 2 aromatic heterocycles. The largest absolute Gasteiger partial charge is 0.382 e. The van der Waals surface area contributed by atoms with Gasteiger partial charge in [0, 0.05) is 10.9 Å². The highest BCUT2D eigenvalue weighted by Gasteiger charge is 2.05. The summed E-state index contributed by atoms with van der Waals surface area (Å²) >= 11 is 0. The summed E-state index contributed by atoms with van der Waals surface area (Å²) in [7, 11) is 0. The Morgan fingerprint density at radius 2 is 2.19 bits per heavy atom. The van der Waals surface area contributed by atoms with E-state index < -0.39 is 0 Å². The third-order valence-electron chi connectivity index (χ3n) is 2.61. The summed E-state index contributed by atoms with van der Waals surface area (Å²) < 4.78 is 0. The van der Waals surface area contributed by atoms with Gasteiger partial charge in [0.05, 0.1) is 17.4 Å². The fourth-order valence-electron chi connectivity index (χ4n) is 1.78. The first-order valence-electron chi connectivity index (χ1n) is 4.99. The van der Waals surface area contributed by atoms with Gasteiger partial charge in [0.15, 0.2) is 5.82 Å². The van der Waals surface area contributed by atoms with E-state index in [9.17, 15) is 0 Å². The van der Waals surface area contributed by atoms with Crippen molar-refractivity contribution in [2.45, 2.75) is 6.92 Å². The van der Waals surface area contributed by atoms with Gasteiger partial charge in [0.1, 0.15) is 5.82 Å². The fraction of sp³-hybridized carbons (Fsp3) is 0.0909. The maximum absolute atomic E-state index is 5.71. The summed E-state index contributed by atoms with van der Waals surface area (Å²) in [6.07, 6.45) is 1.82. The number of aromatic amines is 2. The third-order valence-corrected chi connectivity index (χ3v) is 2.61. The van der Waals surface area contributed by atoms with Crippen molar-refractivity contribution in [3.05, 3.63) is 30.2 Å². The lowest BCUT2D eigenvalue weighted by Gasteiger charge is -1.97. The van der Waals surface area contributed by atoms with E-state index in [0.717, 1.165) is 28.0 Å². The number of nitrogens with one attached hydrogen (secondary N) is 2. The van der Waals surface area contributed by atoms with Crippen molar-refractivity contribution in [1.82, 2.24) is 20.2 Å². The van der Waals surface area contributed by atoms with E-state index in [2.05, 4.69) is 20.2 Å². The molecule has 4 N–H and O–H groups in total. The Kier molecular flexibility index (Phi) is 1.73. The van der Waals surface area contributed by atoms with Crippen LogP contribution in [0.2, 0.25) is 0 Å². The van der Waals surface area contributed by atoms with E-state index >= 15 is 0 Å². The molecule has 80 valence electrons. The molecular weight excluding hydrogens is 202 g/mol. The first-order valence-corrected chi connectivity index (χ1v) is 4.99. The van der Waals surface area contributed by atoms with Crippen LogP contribution < -0.4 is 5.73 Å². The molecule has 0 aliphatic rings. The van der Waals surface area contributed by atoms with Crippen LogP contribution in [0.1, 0.15) is 5.82 Å². The number of imidazole rings is 1. The minimum atomic E-state index is 0.530. The van der Waals surface area contributed by atoms with Gasteiger partial charge in [-0.25, -0.2) is 4.98 Å². The van der Waals surface area contributed by atoms with Crippen molar-refractivity contribution in [2.24, 2.45) is 0 Å². The predicted octanol–water partition coefficient (Wildman–Crippen LogP) is 1.84. The molecule has 0 saturated carbocycles. The minimum absolute atomic E-state index is 0.530. The van der Waals surface area contributed by atoms with Crippen molar-refractivity contribution >= 4 is 16.7 Å². The second-order valence-electron chi connectivity index (χ2n) is 3.75. The Hall–Kier alpha value is -2.30. The first-order chi connectivity index (χ1) is 7.74. The van der Waals surface area contributed by atoms with E-state index in [-0.39, 0.29) is 0 Å². The number of hydrogen-bond acceptors (Lipinski definition) is 3. The van der Waals surface area contributed by atoms with E-state index in [1.807, 2.05) is 31.3 Å². The van der Waals surface area contributed by atoms with Gasteiger partial charge in [-0.1, -0.05) is 6.07 Å². The number of anilines is 1. The number of H-pyrrole nitrogens is 2. The highest BCUT2D eigenvalue weighted by Crippen LogP contribution is 2.24. The lowest BCUT2D eigenvalue weighted by Crippen LogP contribution is -1.83. The highest BCUT2D eigenvalue weighted by molar-refractivity contribution is 5.91. The standard InChI is InChI=1S/C11H11N5/c1-6-13-5-10(14-6)7-2-3-8-9(4-7)15-16-11(8)12/h2-5H,1H3,(H,13,14)(H3,12,15,16). The van der Waals surface area contributed by atoms with Crippen molar-refractivity contribution < 1.29 is 0 Å². The third kappa shape index (κ3) is 1.25. The van der Waals surface area contributed by atoms with Gasteiger partial charge >= 0.3 is 0 Å². The van der Waals surface area contributed by atoms with Gasteiger partial charge in [-0.2, -0.15) is 5.10 Å². The van der Waals surface area contributed by atoms with Crippen LogP contribution >= 0.6 is 0 Å². The van der Waals surface area contributed by atoms with E-state index in [4.69, 9.17) is 5.73 Å². The van der Waals surface area contributed by atoms with Gasteiger partial charge in [-0.05, 0) is 19.1 Å². The summed E-state index contributed by atoms with van der Waals surface area (Å²) in [5.41, 5.74) is 8.70. The van der Waals surface area contributed by atoms with Gasteiger partial charge in [-0.3, -0.25) is 5.10 Å². The van der Waals surface area contributed by atoms with Crippen LogP contribution in [0.3, 0.4) is 0 Å². The zero-order valence-corrected chi connectivity index (χ0v) is 8.78. The van der Waals surface area contributed by atoms with Crippen LogP contribution in [0, 0.1) is 6.92 Å². The van der Waals surface area contributed by atoms with E-state index in [1.165, 1.54) is 0 Å². The van der Waals surface area contributed by atoms with Crippen LogP contribution in [-0.4, -0.2) is 20.2 Å². The van der Waals surface area contributed by atoms with Crippen molar-refractivity contribution in [3.8, 4) is 11.3 Å². The molecule has 0 aliphatic carbocycles. The average molecular weight is 213 g/mol. The van der Waals surface area contributed by atoms with Gasteiger partial charge in [0.2, 0.25) is 0 Å². The fourth-order valence-corrected chi connectivity index (χ4v) is 1.78. The second-order valence-corrected chi connectivity index (χ2v) is 3.75. The molecule has 0 unspecified atom stereocenters. The molecule has 1 aromatic carbocycles. The molecule has 0 fully saturated rings. The molecule has 0 spiro atoms. The minimum Gasteiger partial charge on any atom is -0.382 e. The van der Waals surface area contributed by atoms with Crippen LogP contribution in [-0.2, 0) is 0 Å². The monoisotopic (exact) mass is 213 g/mol. The summed E-state index contributed by atoms with van der Waals surface area (Å²) in [6, 6.07) is 5.96. The number of rotatable bonds is 1. The maximum Gasteiger partial charge on any atom is 0.153 e. The number of aryl methyl sites for hydroxylation is 1. The van der Waals surface area contributed by atoms with Gasteiger partial charge in [-0.15, -0.1) is 0 Å². The summed E-state index contributed by atoms with van der Waals surface area (Å²) in [6.45, 7) is 1.93. The first kappa shape index (κ1) is 8.96.